The van der Waals surface area contributed by atoms with Crippen molar-refractivity contribution in [2.45, 2.75) is 18.8 Å². The third kappa shape index (κ3) is 1.65. The van der Waals surface area contributed by atoms with Crippen molar-refractivity contribution in [2.75, 3.05) is 13.2 Å². The van der Waals surface area contributed by atoms with Crippen LogP contribution >= 0.6 is 0 Å². The molecular formula is C10H13NO3. The van der Waals surface area contributed by atoms with Gasteiger partial charge in [-0.15, -0.1) is 0 Å². The molecule has 0 aromatic carbocycles. The highest BCUT2D eigenvalue weighted by Crippen LogP contribution is 2.28. The van der Waals surface area contributed by atoms with Crippen LogP contribution in [0.15, 0.2) is 12.3 Å². The third-order valence-corrected chi connectivity index (χ3v) is 2.65. The zero-order valence-corrected chi connectivity index (χ0v) is 7.82. The number of hydrogen-bond acceptors (Lipinski definition) is 2. The Balaban J connectivity index is 2.21. The van der Waals surface area contributed by atoms with E-state index < -0.39 is 5.97 Å². The minimum absolute atomic E-state index is 0.330. The summed E-state index contributed by atoms with van der Waals surface area (Å²) < 4.78 is 5.24. The summed E-state index contributed by atoms with van der Waals surface area (Å²) in [4.78, 5) is 13.6. The molecule has 1 aliphatic heterocycles. The number of hydrogen-bond donors (Lipinski definition) is 2. The second-order valence-electron chi connectivity index (χ2n) is 3.50. The molecule has 1 aliphatic rings. The lowest BCUT2D eigenvalue weighted by atomic mass is 9.92. The lowest BCUT2D eigenvalue weighted by Crippen LogP contribution is -2.16. The van der Waals surface area contributed by atoms with Gasteiger partial charge in [-0.25, -0.2) is 4.79 Å². The van der Waals surface area contributed by atoms with Crippen LogP contribution in [0.3, 0.4) is 0 Å². The van der Waals surface area contributed by atoms with Gasteiger partial charge in [0.1, 0.15) is 5.69 Å². The summed E-state index contributed by atoms with van der Waals surface area (Å²) in [5.41, 5.74) is 1.25. The Morgan fingerprint density at radius 1 is 1.50 bits per heavy atom. The fraction of sp³-hybridized carbons (Fsp3) is 0.500. The first-order chi connectivity index (χ1) is 6.79. The minimum Gasteiger partial charge on any atom is -0.477 e. The number of ether oxygens (including phenoxy) is 1. The standard InChI is InChI=1S/C10H13NO3/c12-10(13)9-8(1-4-11-9)7-2-5-14-6-3-7/h1,4,7,11H,2-3,5-6H2,(H,12,13). The lowest BCUT2D eigenvalue weighted by molar-refractivity contribution is 0.0679. The zero-order chi connectivity index (χ0) is 9.97. The summed E-state index contributed by atoms with van der Waals surface area (Å²) >= 11 is 0. The van der Waals surface area contributed by atoms with E-state index in [1.807, 2.05) is 6.07 Å². The summed E-state index contributed by atoms with van der Waals surface area (Å²) in [6.07, 6.45) is 3.52. The van der Waals surface area contributed by atoms with E-state index in [1.54, 1.807) is 6.20 Å². The molecule has 2 N–H and O–H groups in total. The van der Waals surface area contributed by atoms with Gasteiger partial charge in [0.05, 0.1) is 0 Å². The maximum atomic E-state index is 10.9. The second-order valence-corrected chi connectivity index (χ2v) is 3.50. The van der Waals surface area contributed by atoms with Crippen molar-refractivity contribution in [1.82, 2.24) is 4.98 Å². The monoisotopic (exact) mass is 195 g/mol. The van der Waals surface area contributed by atoms with Crippen molar-refractivity contribution in [3.8, 4) is 0 Å². The van der Waals surface area contributed by atoms with Crippen LogP contribution in [0.5, 0.6) is 0 Å². The normalized spacial score (nSPS) is 18.3. The molecule has 76 valence electrons. The highest BCUT2D eigenvalue weighted by molar-refractivity contribution is 5.87. The van der Waals surface area contributed by atoms with Crippen LogP contribution < -0.4 is 0 Å². The molecule has 4 heteroatoms. The van der Waals surface area contributed by atoms with E-state index in [9.17, 15) is 4.79 Å². The molecule has 0 spiro atoms. The van der Waals surface area contributed by atoms with Gasteiger partial charge in [-0.05, 0) is 30.4 Å². The maximum Gasteiger partial charge on any atom is 0.352 e. The van der Waals surface area contributed by atoms with Crippen LogP contribution in [0.4, 0.5) is 0 Å². The number of carbonyl (C=O) groups is 1. The van der Waals surface area contributed by atoms with Crippen molar-refractivity contribution >= 4 is 5.97 Å². The second kappa shape index (κ2) is 3.84. The Kier molecular flexibility index (Phi) is 2.54. The van der Waals surface area contributed by atoms with E-state index in [-0.39, 0.29) is 0 Å². The number of H-pyrrole nitrogens is 1. The molecule has 1 aromatic heterocycles. The van der Waals surface area contributed by atoms with E-state index in [0.29, 0.717) is 11.6 Å². The molecule has 0 amide bonds. The molecule has 0 radical (unpaired) electrons. The molecular weight excluding hydrogens is 182 g/mol. The van der Waals surface area contributed by atoms with Gasteiger partial charge in [0.2, 0.25) is 0 Å². The van der Waals surface area contributed by atoms with Gasteiger partial charge in [-0.1, -0.05) is 0 Å². The fourth-order valence-corrected chi connectivity index (χ4v) is 1.92. The number of aromatic carboxylic acids is 1. The van der Waals surface area contributed by atoms with Crippen molar-refractivity contribution in [3.63, 3.8) is 0 Å². The number of nitrogens with one attached hydrogen (secondary N) is 1. The Labute approximate surface area is 81.9 Å². The molecule has 0 aliphatic carbocycles. The SMILES string of the molecule is O=C(O)c1[nH]ccc1C1CCOCC1. The number of aromatic amines is 1. The Morgan fingerprint density at radius 3 is 2.86 bits per heavy atom. The van der Waals surface area contributed by atoms with Gasteiger partial charge in [0.25, 0.3) is 0 Å². The van der Waals surface area contributed by atoms with Gasteiger partial charge in [-0.3, -0.25) is 0 Å². The highest BCUT2D eigenvalue weighted by Gasteiger charge is 2.22. The predicted molar refractivity (Wildman–Crippen MR) is 50.5 cm³/mol. The van der Waals surface area contributed by atoms with Crippen molar-refractivity contribution < 1.29 is 14.6 Å². The fourth-order valence-electron chi connectivity index (χ4n) is 1.92. The third-order valence-electron chi connectivity index (χ3n) is 2.65. The first kappa shape index (κ1) is 9.27. The average Bonchev–Trinajstić information content (AvgIpc) is 2.67. The van der Waals surface area contributed by atoms with Gasteiger partial charge in [0.15, 0.2) is 0 Å². The van der Waals surface area contributed by atoms with Gasteiger partial charge < -0.3 is 14.8 Å². The topological polar surface area (TPSA) is 62.3 Å². The van der Waals surface area contributed by atoms with E-state index in [0.717, 1.165) is 31.6 Å². The van der Waals surface area contributed by atoms with E-state index in [4.69, 9.17) is 9.84 Å². The van der Waals surface area contributed by atoms with Crippen LogP contribution in [-0.2, 0) is 4.74 Å². The van der Waals surface area contributed by atoms with E-state index in [1.165, 1.54) is 0 Å². The summed E-state index contributed by atoms with van der Waals surface area (Å²) in [6, 6.07) is 1.86. The van der Waals surface area contributed by atoms with Crippen LogP contribution in [0, 0.1) is 0 Å². The van der Waals surface area contributed by atoms with Crippen LogP contribution in [-0.4, -0.2) is 29.3 Å². The average molecular weight is 195 g/mol. The molecule has 14 heavy (non-hydrogen) atoms. The number of carboxylic acid groups (broad SMARTS) is 1. The first-order valence-electron chi connectivity index (χ1n) is 4.77. The first-order valence-corrected chi connectivity index (χ1v) is 4.77. The van der Waals surface area contributed by atoms with E-state index >= 15 is 0 Å². The molecule has 1 saturated heterocycles. The quantitative estimate of drug-likeness (QED) is 0.753. The molecule has 0 saturated carbocycles. The predicted octanol–water partition coefficient (Wildman–Crippen LogP) is 1.61. The van der Waals surface area contributed by atoms with Crippen LogP contribution in [0.25, 0.3) is 0 Å². The molecule has 2 heterocycles. The Bertz CT molecular complexity index is 326. The maximum absolute atomic E-state index is 10.9. The Morgan fingerprint density at radius 2 is 2.21 bits per heavy atom. The summed E-state index contributed by atoms with van der Waals surface area (Å²) in [5, 5.41) is 8.92. The molecule has 0 atom stereocenters. The summed E-state index contributed by atoms with van der Waals surface area (Å²) in [5.74, 6) is -0.544. The molecule has 2 rings (SSSR count). The zero-order valence-electron chi connectivity index (χ0n) is 7.82. The molecule has 0 unspecified atom stereocenters. The smallest absolute Gasteiger partial charge is 0.352 e. The molecule has 4 nitrogen and oxygen atoms in total. The van der Waals surface area contributed by atoms with Crippen LogP contribution in [0.1, 0.15) is 34.8 Å². The molecule has 0 bridgehead atoms. The van der Waals surface area contributed by atoms with Gasteiger partial charge >= 0.3 is 5.97 Å². The molecule has 1 aromatic rings. The summed E-state index contributed by atoms with van der Waals surface area (Å²) in [6.45, 7) is 1.46. The van der Waals surface area contributed by atoms with Crippen molar-refractivity contribution in [1.29, 1.82) is 0 Å². The van der Waals surface area contributed by atoms with Crippen molar-refractivity contribution in [2.24, 2.45) is 0 Å². The highest BCUT2D eigenvalue weighted by atomic mass is 16.5. The van der Waals surface area contributed by atoms with E-state index in [2.05, 4.69) is 4.98 Å². The largest absolute Gasteiger partial charge is 0.477 e. The minimum atomic E-state index is -0.878. The lowest BCUT2D eigenvalue weighted by Gasteiger charge is -2.21. The van der Waals surface area contributed by atoms with Gasteiger partial charge in [0, 0.05) is 19.4 Å². The van der Waals surface area contributed by atoms with Gasteiger partial charge in [-0.2, -0.15) is 0 Å². The molecule has 1 fully saturated rings. The van der Waals surface area contributed by atoms with Crippen LogP contribution in [0.2, 0.25) is 0 Å². The number of aromatic nitrogens is 1. The Hall–Kier alpha value is -1.29. The summed E-state index contributed by atoms with van der Waals surface area (Å²) in [7, 11) is 0. The number of carboxylic acids is 1. The van der Waals surface area contributed by atoms with Crippen molar-refractivity contribution in [3.05, 3.63) is 23.5 Å². The number of rotatable bonds is 2.